The quantitative estimate of drug-likeness (QED) is 0.766. The van der Waals surface area contributed by atoms with Gasteiger partial charge >= 0.3 is 0 Å². The van der Waals surface area contributed by atoms with Crippen LogP contribution in [0.5, 0.6) is 0 Å². The number of halogens is 2. The van der Waals surface area contributed by atoms with Gasteiger partial charge in [-0.25, -0.2) is 0 Å². The van der Waals surface area contributed by atoms with Crippen LogP contribution in [0.2, 0.25) is 10.0 Å². The molecule has 0 bridgehead atoms. The van der Waals surface area contributed by atoms with Crippen molar-refractivity contribution in [1.82, 2.24) is 5.32 Å². The fourth-order valence-corrected chi connectivity index (χ4v) is 2.75. The smallest absolute Gasteiger partial charge is 0.0453 e. The minimum absolute atomic E-state index is 0.210. The fraction of sp³-hybridized carbons (Fsp3) is 0.294. The maximum Gasteiger partial charge on any atom is 0.0453 e. The molecule has 0 spiro atoms. The summed E-state index contributed by atoms with van der Waals surface area (Å²) in [5, 5.41) is 5.15. The molecule has 2 aromatic carbocycles. The Balaban J connectivity index is 2.22. The lowest BCUT2D eigenvalue weighted by atomic mass is 9.98. The van der Waals surface area contributed by atoms with Gasteiger partial charge in [0.25, 0.3) is 0 Å². The van der Waals surface area contributed by atoms with Crippen LogP contribution in [0.15, 0.2) is 48.5 Å². The Morgan fingerprint density at radius 1 is 1.05 bits per heavy atom. The first-order valence-electron chi connectivity index (χ1n) is 6.93. The third-order valence-electron chi connectivity index (χ3n) is 3.25. The van der Waals surface area contributed by atoms with Crippen LogP contribution in [0.1, 0.15) is 30.5 Å². The van der Waals surface area contributed by atoms with Crippen LogP contribution < -0.4 is 5.32 Å². The first-order chi connectivity index (χ1) is 9.70. The summed E-state index contributed by atoms with van der Waals surface area (Å²) in [5.41, 5.74) is 2.36. The van der Waals surface area contributed by atoms with Crippen molar-refractivity contribution >= 4 is 23.2 Å². The lowest BCUT2D eigenvalue weighted by Gasteiger charge is -2.20. The van der Waals surface area contributed by atoms with Crippen LogP contribution in [0.25, 0.3) is 0 Å². The predicted molar refractivity (Wildman–Crippen MR) is 87.6 cm³/mol. The summed E-state index contributed by atoms with van der Waals surface area (Å²) >= 11 is 12.4. The molecule has 0 aliphatic rings. The Morgan fingerprint density at radius 3 is 2.55 bits per heavy atom. The van der Waals surface area contributed by atoms with Crippen molar-refractivity contribution in [3.63, 3.8) is 0 Å². The molecule has 2 aromatic rings. The van der Waals surface area contributed by atoms with Gasteiger partial charge in [-0.1, -0.05) is 60.5 Å². The predicted octanol–water partition coefficient (Wildman–Crippen LogP) is 5.28. The molecule has 0 radical (unpaired) electrons. The average Bonchev–Trinajstić information content (AvgIpc) is 2.44. The van der Waals surface area contributed by atoms with Crippen LogP contribution >= 0.6 is 23.2 Å². The van der Waals surface area contributed by atoms with E-state index in [1.54, 1.807) is 0 Å². The highest BCUT2D eigenvalue weighted by atomic mass is 35.5. The maximum atomic E-state index is 6.33. The van der Waals surface area contributed by atoms with Crippen molar-refractivity contribution in [1.29, 1.82) is 0 Å². The highest BCUT2D eigenvalue weighted by Crippen LogP contribution is 2.26. The van der Waals surface area contributed by atoms with Crippen LogP contribution in [0, 0.1) is 0 Å². The molecular formula is C17H19Cl2N. The summed E-state index contributed by atoms with van der Waals surface area (Å²) in [6, 6.07) is 16.2. The largest absolute Gasteiger partial charge is 0.310 e. The van der Waals surface area contributed by atoms with E-state index in [0.29, 0.717) is 0 Å². The molecule has 106 valence electrons. The summed E-state index contributed by atoms with van der Waals surface area (Å²) in [4.78, 5) is 0. The molecule has 0 aromatic heterocycles. The van der Waals surface area contributed by atoms with Gasteiger partial charge in [-0.3, -0.25) is 0 Å². The van der Waals surface area contributed by atoms with Crippen molar-refractivity contribution in [2.24, 2.45) is 0 Å². The van der Waals surface area contributed by atoms with Crippen molar-refractivity contribution < 1.29 is 0 Å². The molecule has 0 fully saturated rings. The molecule has 1 atom stereocenters. The van der Waals surface area contributed by atoms with Crippen LogP contribution in [0.4, 0.5) is 0 Å². The third-order valence-corrected chi connectivity index (χ3v) is 3.83. The van der Waals surface area contributed by atoms with Crippen LogP contribution in [-0.2, 0) is 6.42 Å². The monoisotopic (exact) mass is 307 g/mol. The second-order valence-electron chi connectivity index (χ2n) is 4.86. The topological polar surface area (TPSA) is 12.0 Å². The van der Waals surface area contributed by atoms with E-state index in [1.807, 2.05) is 36.4 Å². The SMILES string of the molecule is CCCNC(Cc1cccc(Cl)c1)c1ccccc1Cl. The minimum Gasteiger partial charge on any atom is -0.310 e. The Morgan fingerprint density at radius 2 is 1.85 bits per heavy atom. The van der Waals surface area contributed by atoms with E-state index < -0.39 is 0 Å². The molecule has 0 aliphatic heterocycles. The molecule has 20 heavy (non-hydrogen) atoms. The average molecular weight is 308 g/mol. The number of hydrogen-bond acceptors (Lipinski definition) is 1. The van der Waals surface area contributed by atoms with Gasteiger partial charge in [0, 0.05) is 16.1 Å². The molecule has 1 nitrogen and oxygen atoms in total. The van der Waals surface area contributed by atoms with Crippen molar-refractivity contribution in [2.45, 2.75) is 25.8 Å². The van der Waals surface area contributed by atoms with E-state index in [4.69, 9.17) is 23.2 Å². The standard InChI is InChI=1S/C17H19Cl2N/c1-2-10-20-17(15-8-3-4-9-16(15)19)12-13-6-5-7-14(18)11-13/h3-9,11,17,20H,2,10,12H2,1H3. The second kappa shape index (κ2) is 7.68. The highest BCUT2D eigenvalue weighted by molar-refractivity contribution is 6.31. The normalized spacial score (nSPS) is 12.3. The summed E-state index contributed by atoms with van der Waals surface area (Å²) in [6.45, 7) is 3.13. The molecule has 0 saturated carbocycles. The van der Waals surface area contributed by atoms with Crippen molar-refractivity contribution in [2.75, 3.05) is 6.54 Å². The lowest BCUT2D eigenvalue weighted by molar-refractivity contribution is 0.529. The summed E-state index contributed by atoms with van der Waals surface area (Å²) in [7, 11) is 0. The van der Waals surface area contributed by atoms with Gasteiger partial charge in [0.2, 0.25) is 0 Å². The van der Waals surface area contributed by atoms with E-state index >= 15 is 0 Å². The van der Waals surface area contributed by atoms with Gasteiger partial charge in [0.1, 0.15) is 0 Å². The molecule has 1 N–H and O–H groups in total. The Bertz CT molecular complexity index is 554. The minimum atomic E-state index is 0.210. The second-order valence-corrected chi connectivity index (χ2v) is 5.71. The molecule has 0 heterocycles. The Kier molecular flexibility index (Phi) is 5.90. The zero-order chi connectivity index (χ0) is 14.4. The molecule has 0 aliphatic carbocycles. The Hall–Kier alpha value is -1.02. The summed E-state index contributed by atoms with van der Waals surface area (Å²) < 4.78 is 0. The van der Waals surface area contributed by atoms with Gasteiger partial charge in [0.05, 0.1) is 0 Å². The van der Waals surface area contributed by atoms with Gasteiger partial charge < -0.3 is 5.32 Å². The number of benzene rings is 2. The van der Waals surface area contributed by atoms with Gasteiger partial charge in [-0.2, -0.15) is 0 Å². The van der Waals surface area contributed by atoms with Crippen LogP contribution in [0.3, 0.4) is 0 Å². The Labute approximate surface area is 130 Å². The van der Waals surface area contributed by atoms with Crippen molar-refractivity contribution in [3.05, 3.63) is 69.7 Å². The zero-order valence-corrected chi connectivity index (χ0v) is 13.1. The molecular weight excluding hydrogens is 289 g/mol. The molecule has 0 saturated heterocycles. The number of rotatable bonds is 6. The fourth-order valence-electron chi connectivity index (χ4n) is 2.27. The first kappa shape index (κ1) is 15.4. The molecule has 0 amide bonds. The van der Waals surface area contributed by atoms with Gasteiger partial charge in [-0.15, -0.1) is 0 Å². The maximum absolute atomic E-state index is 6.33. The third kappa shape index (κ3) is 4.24. The molecule has 1 unspecified atom stereocenters. The summed E-state index contributed by atoms with van der Waals surface area (Å²) in [6.07, 6.45) is 1.97. The number of hydrogen-bond donors (Lipinski definition) is 1. The van der Waals surface area contributed by atoms with E-state index in [0.717, 1.165) is 35.0 Å². The van der Waals surface area contributed by atoms with E-state index in [1.165, 1.54) is 5.56 Å². The lowest BCUT2D eigenvalue weighted by Crippen LogP contribution is -2.24. The van der Waals surface area contributed by atoms with Gasteiger partial charge in [0.15, 0.2) is 0 Å². The summed E-state index contributed by atoms with van der Waals surface area (Å²) in [5.74, 6) is 0. The van der Waals surface area contributed by atoms with Crippen molar-refractivity contribution in [3.8, 4) is 0 Å². The zero-order valence-electron chi connectivity index (χ0n) is 11.6. The highest BCUT2D eigenvalue weighted by Gasteiger charge is 2.14. The van der Waals surface area contributed by atoms with E-state index in [9.17, 15) is 0 Å². The number of nitrogens with one attached hydrogen (secondary N) is 1. The van der Waals surface area contributed by atoms with E-state index in [2.05, 4.69) is 24.4 Å². The van der Waals surface area contributed by atoms with E-state index in [-0.39, 0.29) is 6.04 Å². The molecule has 3 heteroatoms. The van der Waals surface area contributed by atoms with Crippen LogP contribution in [-0.4, -0.2) is 6.54 Å². The first-order valence-corrected chi connectivity index (χ1v) is 7.68. The van der Waals surface area contributed by atoms with Gasteiger partial charge in [-0.05, 0) is 48.7 Å². The molecule has 2 rings (SSSR count).